The minimum absolute atomic E-state index is 0.235. The summed E-state index contributed by atoms with van der Waals surface area (Å²) in [6.07, 6.45) is 3.72. The Hall–Kier alpha value is -1.51. The molecule has 1 amide bonds. The van der Waals surface area contributed by atoms with E-state index in [1.54, 1.807) is 7.11 Å². The molecule has 0 bridgehead atoms. The minimum atomic E-state index is 0.235. The van der Waals surface area contributed by atoms with E-state index in [1.165, 1.54) is 5.56 Å². The smallest absolute Gasteiger partial charge is 0.223 e. The normalized spacial score (nSPS) is 19.0. The highest BCUT2D eigenvalue weighted by atomic mass is 16.5. The van der Waals surface area contributed by atoms with Crippen molar-refractivity contribution in [1.29, 1.82) is 0 Å². The van der Waals surface area contributed by atoms with Gasteiger partial charge in [-0.15, -0.1) is 0 Å². The van der Waals surface area contributed by atoms with Crippen molar-refractivity contribution >= 4 is 5.91 Å². The predicted molar refractivity (Wildman–Crippen MR) is 71.6 cm³/mol. The number of hydrogen-bond donors (Lipinski definition) is 0. The summed E-state index contributed by atoms with van der Waals surface area (Å²) < 4.78 is 5.25. The van der Waals surface area contributed by atoms with Crippen LogP contribution >= 0.6 is 0 Å². The van der Waals surface area contributed by atoms with Crippen molar-refractivity contribution in [2.24, 2.45) is 0 Å². The van der Waals surface area contributed by atoms with Crippen LogP contribution in [0.3, 0.4) is 0 Å². The molecule has 1 atom stereocenters. The van der Waals surface area contributed by atoms with E-state index in [0.29, 0.717) is 6.42 Å². The zero-order valence-electron chi connectivity index (χ0n) is 11.2. The molecule has 0 radical (unpaired) electrons. The SMILES string of the molecule is CCCC(=O)N1CCCC1c1cccc(OC)c1. The molecule has 18 heavy (non-hydrogen) atoms. The molecule has 1 unspecified atom stereocenters. The summed E-state index contributed by atoms with van der Waals surface area (Å²) in [5.41, 5.74) is 1.19. The van der Waals surface area contributed by atoms with Gasteiger partial charge in [-0.1, -0.05) is 19.1 Å². The lowest BCUT2D eigenvalue weighted by Crippen LogP contribution is -2.30. The van der Waals surface area contributed by atoms with Crippen LogP contribution in [0.25, 0.3) is 0 Å². The summed E-state index contributed by atoms with van der Waals surface area (Å²) in [5.74, 6) is 1.14. The van der Waals surface area contributed by atoms with Gasteiger partial charge in [-0.05, 0) is 37.0 Å². The van der Waals surface area contributed by atoms with Crippen molar-refractivity contribution in [2.45, 2.75) is 38.6 Å². The number of carbonyl (C=O) groups excluding carboxylic acids is 1. The molecule has 1 fully saturated rings. The Labute approximate surface area is 109 Å². The second-order valence-corrected chi connectivity index (χ2v) is 4.77. The summed E-state index contributed by atoms with van der Waals surface area (Å²) in [4.78, 5) is 14.1. The van der Waals surface area contributed by atoms with Crippen LogP contribution in [0.5, 0.6) is 5.75 Å². The fourth-order valence-electron chi connectivity index (χ4n) is 2.62. The van der Waals surface area contributed by atoms with Gasteiger partial charge in [0.25, 0.3) is 0 Å². The highest BCUT2D eigenvalue weighted by Gasteiger charge is 2.29. The molecule has 0 saturated carbocycles. The third-order valence-corrected chi connectivity index (χ3v) is 3.52. The van der Waals surface area contributed by atoms with E-state index in [4.69, 9.17) is 4.74 Å². The molecule has 1 aromatic rings. The zero-order valence-corrected chi connectivity index (χ0v) is 11.2. The first kappa shape index (κ1) is 12.9. The maximum Gasteiger partial charge on any atom is 0.223 e. The van der Waals surface area contributed by atoms with Gasteiger partial charge in [0.1, 0.15) is 5.75 Å². The largest absolute Gasteiger partial charge is 0.497 e. The van der Waals surface area contributed by atoms with E-state index in [2.05, 4.69) is 13.0 Å². The fourth-order valence-corrected chi connectivity index (χ4v) is 2.62. The third-order valence-electron chi connectivity index (χ3n) is 3.52. The summed E-state index contributed by atoms with van der Waals surface area (Å²) >= 11 is 0. The molecule has 3 nitrogen and oxygen atoms in total. The van der Waals surface area contributed by atoms with Crippen LogP contribution < -0.4 is 4.74 Å². The lowest BCUT2D eigenvalue weighted by Gasteiger charge is -2.25. The number of benzene rings is 1. The molecular formula is C15H21NO2. The van der Waals surface area contributed by atoms with Crippen molar-refractivity contribution < 1.29 is 9.53 Å². The van der Waals surface area contributed by atoms with Crippen molar-refractivity contribution in [1.82, 2.24) is 4.90 Å². The Kier molecular flexibility index (Phi) is 4.24. The van der Waals surface area contributed by atoms with Crippen LogP contribution in [0.4, 0.5) is 0 Å². The lowest BCUT2D eigenvalue weighted by atomic mass is 10.0. The van der Waals surface area contributed by atoms with Gasteiger partial charge in [0.2, 0.25) is 5.91 Å². The van der Waals surface area contributed by atoms with Gasteiger partial charge in [0.05, 0.1) is 13.2 Å². The van der Waals surface area contributed by atoms with Crippen LogP contribution in [0.2, 0.25) is 0 Å². The van der Waals surface area contributed by atoms with Gasteiger partial charge in [-0.2, -0.15) is 0 Å². The molecule has 98 valence electrons. The molecule has 1 aromatic carbocycles. The van der Waals surface area contributed by atoms with Gasteiger partial charge in [-0.3, -0.25) is 4.79 Å². The fraction of sp³-hybridized carbons (Fsp3) is 0.533. The molecule has 0 aromatic heterocycles. The lowest BCUT2D eigenvalue weighted by molar-refractivity contribution is -0.132. The Bertz CT molecular complexity index is 417. The molecule has 0 spiro atoms. The average Bonchev–Trinajstić information content (AvgIpc) is 2.88. The predicted octanol–water partition coefficient (Wildman–Crippen LogP) is 3.16. The standard InChI is InChI=1S/C15H21NO2/c1-3-6-15(17)16-10-5-9-14(16)12-7-4-8-13(11-12)18-2/h4,7-8,11,14H,3,5-6,9-10H2,1-2H3. The first-order valence-corrected chi connectivity index (χ1v) is 6.69. The van der Waals surface area contributed by atoms with Crippen LogP contribution in [-0.2, 0) is 4.79 Å². The maximum atomic E-state index is 12.1. The number of methoxy groups -OCH3 is 1. The van der Waals surface area contributed by atoms with Crippen molar-refractivity contribution in [3.8, 4) is 5.75 Å². The van der Waals surface area contributed by atoms with Gasteiger partial charge < -0.3 is 9.64 Å². The van der Waals surface area contributed by atoms with Crippen LogP contribution in [0.1, 0.15) is 44.2 Å². The number of carbonyl (C=O) groups is 1. The monoisotopic (exact) mass is 247 g/mol. The molecule has 1 aliphatic heterocycles. The second-order valence-electron chi connectivity index (χ2n) is 4.77. The second kappa shape index (κ2) is 5.89. The average molecular weight is 247 g/mol. The topological polar surface area (TPSA) is 29.5 Å². The van der Waals surface area contributed by atoms with Crippen molar-refractivity contribution in [3.63, 3.8) is 0 Å². The first-order chi connectivity index (χ1) is 8.76. The van der Waals surface area contributed by atoms with E-state index in [9.17, 15) is 4.79 Å². The summed E-state index contributed by atoms with van der Waals surface area (Å²) in [5, 5.41) is 0. The summed E-state index contributed by atoms with van der Waals surface area (Å²) in [6.45, 7) is 2.94. The van der Waals surface area contributed by atoms with Gasteiger partial charge in [-0.25, -0.2) is 0 Å². The Morgan fingerprint density at radius 1 is 1.50 bits per heavy atom. The maximum absolute atomic E-state index is 12.1. The van der Waals surface area contributed by atoms with Crippen LogP contribution in [0.15, 0.2) is 24.3 Å². The van der Waals surface area contributed by atoms with E-state index >= 15 is 0 Å². The number of nitrogens with zero attached hydrogens (tertiary/aromatic N) is 1. The highest BCUT2D eigenvalue weighted by molar-refractivity contribution is 5.77. The molecule has 2 rings (SSSR count). The molecule has 0 N–H and O–H groups in total. The quantitative estimate of drug-likeness (QED) is 0.818. The number of amides is 1. The molecule has 1 saturated heterocycles. The van der Waals surface area contributed by atoms with E-state index < -0.39 is 0 Å². The minimum Gasteiger partial charge on any atom is -0.497 e. The van der Waals surface area contributed by atoms with Crippen molar-refractivity contribution in [3.05, 3.63) is 29.8 Å². The van der Waals surface area contributed by atoms with E-state index in [1.807, 2.05) is 23.1 Å². The number of hydrogen-bond acceptors (Lipinski definition) is 2. The molecule has 1 heterocycles. The van der Waals surface area contributed by atoms with Crippen molar-refractivity contribution in [2.75, 3.05) is 13.7 Å². The Balaban J connectivity index is 2.17. The Morgan fingerprint density at radius 3 is 3.06 bits per heavy atom. The van der Waals surface area contributed by atoms with E-state index in [0.717, 1.165) is 31.6 Å². The van der Waals surface area contributed by atoms with Gasteiger partial charge in [0, 0.05) is 13.0 Å². The summed E-state index contributed by atoms with van der Waals surface area (Å²) in [6, 6.07) is 8.30. The number of likely N-dealkylation sites (tertiary alicyclic amines) is 1. The molecular weight excluding hydrogens is 226 g/mol. The van der Waals surface area contributed by atoms with Gasteiger partial charge >= 0.3 is 0 Å². The first-order valence-electron chi connectivity index (χ1n) is 6.69. The molecule has 1 aliphatic rings. The van der Waals surface area contributed by atoms with Crippen LogP contribution in [-0.4, -0.2) is 24.5 Å². The van der Waals surface area contributed by atoms with E-state index in [-0.39, 0.29) is 11.9 Å². The summed E-state index contributed by atoms with van der Waals surface area (Å²) in [7, 11) is 1.67. The van der Waals surface area contributed by atoms with Gasteiger partial charge in [0.15, 0.2) is 0 Å². The third kappa shape index (κ3) is 2.66. The number of rotatable bonds is 4. The molecule has 0 aliphatic carbocycles. The zero-order chi connectivity index (χ0) is 13.0. The Morgan fingerprint density at radius 2 is 2.33 bits per heavy atom. The van der Waals surface area contributed by atoms with Crippen LogP contribution in [0, 0.1) is 0 Å². The highest BCUT2D eigenvalue weighted by Crippen LogP contribution is 2.33. The number of ether oxygens (including phenoxy) is 1. The molecule has 3 heteroatoms.